The molecule has 112 valence electrons. The van der Waals surface area contributed by atoms with Crippen LogP contribution in [0.5, 0.6) is 0 Å². The van der Waals surface area contributed by atoms with Crippen LogP contribution in [-0.2, 0) is 10.0 Å². The van der Waals surface area contributed by atoms with Crippen molar-refractivity contribution in [3.63, 3.8) is 0 Å². The van der Waals surface area contributed by atoms with Gasteiger partial charge in [-0.05, 0) is 36.6 Å². The Bertz CT molecular complexity index is 594. The molecule has 0 fully saturated rings. The first-order chi connectivity index (χ1) is 9.12. The number of anilines is 1. The van der Waals surface area contributed by atoms with Crippen LogP contribution in [0.25, 0.3) is 0 Å². The van der Waals surface area contributed by atoms with E-state index in [4.69, 9.17) is 0 Å². The molecule has 1 rings (SSSR count). The summed E-state index contributed by atoms with van der Waals surface area (Å²) in [4.78, 5) is 11.9. The Balaban J connectivity index is 2.96. The summed E-state index contributed by atoms with van der Waals surface area (Å²) < 4.78 is 24.3. The third kappa shape index (κ3) is 4.23. The first-order valence-corrected chi connectivity index (χ1v) is 8.30. The van der Waals surface area contributed by atoms with E-state index < -0.39 is 10.0 Å². The van der Waals surface area contributed by atoms with Gasteiger partial charge in [-0.3, -0.25) is 9.10 Å². The summed E-state index contributed by atoms with van der Waals surface area (Å²) in [5.74, 6) is 0.242. The van der Waals surface area contributed by atoms with Gasteiger partial charge in [-0.1, -0.05) is 13.8 Å². The summed E-state index contributed by atoms with van der Waals surface area (Å²) in [5.41, 5.74) is 1.86. The molecule has 1 aromatic rings. The number of nitrogens with zero attached hydrogens (tertiary/aromatic N) is 1. The van der Waals surface area contributed by atoms with Crippen molar-refractivity contribution in [1.82, 2.24) is 5.32 Å². The number of hydrogen-bond donors (Lipinski definition) is 1. The maximum atomic E-state index is 11.9. The van der Waals surface area contributed by atoms with Crippen molar-refractivity contribution in [3.8, 4) is 0 Å². The summed E-state index contributed by atoms with van der Waals surface area (Å²) in [7, 11) is -1.80. The largest absolute Gasteiger partial charge is 0.352 e. The molecule has 0 heterocycles. The molecule has 1 N–H and O–H groups in total. The van der Waals surface area contributed by atoms with Crippen LogP contribution in [0.2, 0.25) is 0 Å². The van der Waals surface area contributed by atoms with Gasteiger partial charge >= 0.3 is 0 Å². The van der Waals surface area contributed by atoms with Gasteiger partial charge < -0.3 is 5.32 Å². The van der Waals surface area contributed by atoms with E-state index in [0.29, 0.717) is 23.7 Å². The number of benzene rings is 1. The minimum absolute atomic E-state index is 0.143. The van der Waals surface area contributed by atoms with Crippen molar-refractivity contribution in [2.75, 3.05) is 24.2 Å². The van der Waals surface area contributed by atoms with Crippen LogP contribution in [-0.4, -0.2) is 34.2 Å². The minimum atomic E-state index is -3.30. The molecule has 1 aromatic carbocycles. The average molecular weight is 298 g/mol. The Hall–Kier alpha value is -1.56. The lowest BCUT2D eigenvalue weighted by Gasteiger charge is -2.19. The number of nitrogens with one attached hydrogen (secondary N) is 1. The van der Waals surface area contributed by atoms with Crippen molar-refractivity contribution in [2.45, 2.75) is 20.8 Å². The zero-order chi connectivity index (χ0) is 15.5. The molecule has 0 aliphatic heterocycles. The fourth-order valence-electron chi connectivity index (χ4n) is 1.73. The first kappa shape index (κ1) is 16.5. The summed E-state index contributed by atoms with van der Waals surface area (Å²) in [6.45, 7) is 6.45. The number of rotatable bonds is 5. The highest BCUT2D eigenvalue weighted by Gasteiger charge is 2.15. The number of hydrogen-bond acceptors (Lipinski definition) is 3. The Morgan fingerprint density at radius 1 is 1.35 bits per heavy atom. The molecule has 0 aromatic heterocycles. The van der Waals surface area contributed by atoms with Gasteiger partial charge in [0.1, 0.15) is 0 Å². The topological polar surface area (TPSA) is 66.5 Å². The predicted octanol–water partition coefficient (Wildman–Crippen LogP) is 1.78. The second-order valence-corrected chi connectivity index (χ2v) is 7.35. The maximum absolute atomic E-state index is 11.9. The Morgan fingerprint density at radius 3 is 2.40 bits per heavy atom. The van der Waals surface area contributed by atoms with Crippen LogP contribution < -0.4 is 9.62 Å². The Labute approximate surface area is 121 Å². The number of aryl methyl sites for hydroxylation is 1. The number of sulfonamides is 1. The molecule has 1 amide bonds. The van der Waals surface area contributed by atoms with Gasteiger partial charge in [-0.15, -0.1) is 0 Å². The SMILES string of the molecule is Cc1cc(C(=O)NCC(C)C)ccc1N(C)S(C)(=O)=O. The quantitative estimate of drug-likeness (QED) is 0.901. The van der Waals surface area contributed by atoms with Gasteiger partial charge in [0.2, 0.25) is 10.0 Å². The van der Waals surface area contributed by atoms with Crippen molar-refractivity contribution in [1.29, 1.82) is 0 Å². The smallest absolute Gasteiger partial charge is 0.251 e. The zero-order valence-corrected chi connectivity index (χ0v) is 13.4. The molecule has 0 atom stereocenters. The second kappa shape index (κ2) is 6.26. The lowest BCUT2D eigenvalue weighted by Crippen LogP contribution is -2.28. The number of carbonyl (C=O) groups is 1. The monoisotopic (exact) mass is 298 g/mol. The molecule has 0 spiro atoms. The molecule has 0 radical (unpaired) electrons. The molecule has 0 bridgehead atoms. The fourth-order valence-corrected chi connectivity index (χ4v) is 2.29. The molecule has 0 unspecified atom stereocenters. The summed E-state index contributed by atoms with van der Waals surface area (Å²) in [6, 6.07) is 4.99. The third-order valence-electron chi connectivity index (χ3n) is 2.97. The van der Waals surface area contributed by atoms with Gasteiger partial charge in [0, 0.05) is 19.2 Å². The van der Waals surface area contributed by atoms with Crippen molar-refractivity contribution < 1.29 is 13.2 Å². The van der Waals surface area contributed by atoms with Crippen LogP contribution in [0.4, 0.5) is 5.69 Å². The molecule has 0 aliphatic carbocycles. The Morgan fingerprint density at radius 2 is 1.95 bits per heavy atom. The molecule has 5 nitrogen and oxygen atoms in total. The van der Waals surface area contributed by atoms with E-state index in [0.717, 1.165) is 11.8 Å². The average Bonchev–Trinajstić information content (AvgIpc) is 2.33. The molecule has 0 aliphatic rings. The maximum Gasteiger partial charge on any atom is 0.251 e. The van der Waals surface area contributed by atoms with Crippen LogP contribution >= 0.6 is 0 Å². The van der Waals surface area contributed by atoms with Crippen LogP contribution in [0.1, 0.15) is 29.8 Å². The predicted molar refractivity (Wildman–Crippen MR) is 81.6 cm³/mol. The highest BCUT2D eigenvalue weighted by Crippen LogP contribution is 2.22. The van der Waals surface area contributed by atoms with Crippen molar-refractivity contribution >= 4 is 21.6 Å². The summed E-state index contributed by atoms with van der Waals surface area (Å²) in [5, 5.41) is 2.83. The molecular formula is C14H22N2O3S. The normalized spacial score (nSPS) is 11.5. The third-order valence-corrected chi connectivity index (χ3v) is 4.16. The minimum Gasteiger partial charge on any atom is -0.352 e. The van der Waals surface area contributed by atoms with Gasteiger partial charge in [0.15, 0.2) is 0 Å². The lowest BCUT2D eigenvalue weighted by atomic mass is 10.1. The van der Waals surface area contributed by atoms with E-state index in [1.165, 1.54) is 11.4 Å². The standard InChI is InChI=1S/C14H22N2O3S/c1-10(2)9-15-14(17)12-6-7-13(11(3)8-12)16(4)20(5,18)19/h6-8,10H,9H2,1-5H3,(H,15,17). The zero-order valence-electron chi connectivity index (χ0n) is 12.6. The molecule has 0 saturated heterocycles. The summed E-state index contributed by atoms with van der Waals surface area (Å²) >= 11 is 0. The van der Waals surface area contributed by atoms with E-state index in [1.807, 2.05) is 13.8 Å². The number of carbonyl (C=O) groups excluding carboxylic acids is 1. The highest BCUT2D eigenvalue weighted by molar-refractivity contribution is 7.92. The van der Waals surface area contributed by atoms with E-state index in [1.54, 1.807) is 25.1 Å². The Kier molecular flexibility index (Phi) is 5.16. The highest BCUT2D eigenvalue weighted by atomic mass is 32.2. The van der Waals surface area contributed by atoms with Gasteiger partial charge in [-0.25, -0.2) is 8.42 Å². The fraction of sp³-hybridized carbons (Fsp3) is 0.500. The van der Waals surface area contributed by atoms with Gasteiger partial charge in [0.25, 0.3) is 5.91 Å². The van der Waals surface area contributed by atoms with Gasteiger partial charge in [0.05, 0.1) is 11.9 Å². The first-order valence-electron chi connectivity index (χ1n) is 6.45. The number of amides is 1. The van der Waals surface area contributed by atoms with E-state index in [2.05, 4.69) is 5.32 Å². The van der Waals surface area contributed by atoms with E-state index >= 15 is 0 Å². The van der Waals surface area contributed by atoms with E-state index in [-0.39, 0.29) is 5.91 Å². The van der Waals surface area contributed by atoms with Crippen LogP contribution in [0.3, 0.4) is 0 Å². The van der Waals surface area contributed by atoms with Crippen molar-refractivity contribution in [3.05, 3.63) is 29.3 Å². The van der Waals surface area contributed by atoms with Crippen molar-refractivity contribution in [2.24, 2.45) is 5.92 Å². The van der Waals surface area contributed by atoms with Crippen LogP contribution in [0, 0.1) is 12.8 Å². The molecular weight excluding hydrogens is 276 g/mol. The summed E-state index contributed by atoms with van der Waals surface area (Å²) in [6.07, 6.45) is 1.15. The molecule has 20 heavy (non-hydrogen) atoms. The molecule has 6 heteroatoms. The van der Waals surface area contributed by atoms with E-state index in [9.17, 15) is 13.2 Å². The van der Waals surface area contributed by atoms with Crippen LogP contribution in [0.15, 0.2) is 18.2 Å². The lowest BCUT2D eigenvalue weighted by molar-refractivity contribution is 0.0949. The second-order valence-electron chi connectivity index (χ2n) is 5.34. The molecule has 0 saturated carbocycles. The van der Waals surface area contributed by atoms with Gasteiger partial charge in [-0.2, -0.15) is 0 Å².